The van der Waals surface area contributed by atoms with Crippen LogP contribution in [0, 0.1) is 23.6 Å². The topological polar surface area (TPSA) is 78.5 Å². The van der Waals surface area contributed by atoms with Crippen LogP contribution in [0.3, 0.4) is 0 Å². The van der Waals surface area contributed by atoms with E-state index < -0.39 is 23.2 Å². The van der Waals surface area contributed by atoms with E-state index in [-0.39, 0.29) is 29.7 Å². The molecule has 150 valence electrons. The smallest absolute Gasteiger partial charge is 0.250 e. The Labute approximate surface area is 163 Å². The second kappa shape index (κ2) is 6.65. The van der Waals surface area contributed by atoms with Crippen LogP contribution in [0.25, 0.3) is 0 Å². The summed E-state index contributed by atoms with van der Waals surface area (Å²) in [5.74, 6) is -2.56. The monoisotopic (exact) mass is 387 g/mol. The molecule has 2 fully saturated rings. The third kappa shape index (κ3) is 2.52. The fourth-order valence-corrected chi connectivity index (χ4v) is 5.08. The van der Waals surface area contributed by atoms with E-state index in [9.17, 15) is 18.8 Å². The number of likely N-dealkylation sites (tertiary alicyclic amines) is 1. The van der Waals surface area contributed by atoms with Crippen LogP contribution in [0.4, 0.5) is 10.1 Å². The Hall–Kier alpha value is -2.28. The zero-order chi connectivity index (χ0) is 20.2. The van der Waals surface area contributed by atoms with Gasteiger partial charge in [-0.3, -0.25) is 24.6 Å². The highest BCUT2D eigenvalue weighted by Gasteiger charge is 2.70. The van der Waals surface area contributed by atoms with E-state index in [1.165, 1.54) is 23.1 Å². The van der Waals surface area contributed by atoms with Crippen molar-refractivity contribution >= 4 is 23.4 Å². The maximum atomic E-state index is 14.1. The van der Waals surface area contributed by atoms with Crippen LogP contribution < -0.4 is 10.6 Å². The van der Waals surface area contributed by atoms with Gasteiger partial charge in [-0.05, 0) is 37.0 Å². The van der Waals surface area contributed by atoms with E-state index in [0.717, 1.165) is 12.8 Å². The van der Waals surface area contributed by atoms with Crippen LogP contribution in [0.15, 0.2) is 18.2 Å². The van der Waals surface area contributed by atoms with Gasteiger partial charge in [0.05, 0.1) is 11.8 Å². The van der Waals surface area contributed by atoms with Crippen molar-refractivity contribution in [1.29, 1.82) is 0 Å². The summed E-state index contributed by atoms with van der Waals surface area (Å²) < 4.78 is 14.1. The van der Waals surface area contributed by atoms with Crippen molar-refractivity contribution in [3.05, 3.63) is 29.6 Å². The molecule has 1 aromatic carbocycles. The van der Waals surface area contributed by atoms with Gasteiger partial charge in [0.25, 0.3) is 0 Å². The number of hydrogen-bond donors (Lipinski definition) is 2. The van der Waals surface area contributed by atoms with Crippen molar-refractivity contribution in [3.63, 3.8) is 0 Å². The molecule has 0 radical (unpaired) electrons. The first-order valence-electron chi connectivity index (χ1n) is 10.1. The third-order valence-electron chi connectivity index (χ3n) is 6.23. The second-order valence-corrected chi connectivity index (χ2v) is 8.52. The summed E-state index contributed by atoms with van der Waals surface area (Å²) in [5, 5.41) is 6.11. The quantitative estimate of drug-likeness (QED) is 0.761. The maximum absolute atomic E-state index is 14.1. The Balaban J connectivity index is 1.84. The Morgan fingerprint density at radius 1 is 1.21 bits per heavy atom. The van der Waals surface area contributed by atoms with Crippen molar-refractivity contribution in [1.82, 2.24) is 10.2 Å². The lowest BCUT2D eigenvalue weighted by atomic mass is 9.76. The predicted octanol–water partition coefficient (Wildman–Crippen LogP) is 2.39. The number of hydrogen-bond acceptors (Lipinski definition) is 4. The first-order valence-corrected chi connectivity index (χ1v) is 10.1. The predicted molar refractivity (Wildman–Crippen MR) is 102 cm³/mol. The van der Waals surface area contributed by atoms with Crippen molar-refractivity contribution < 1.29 is 18.8 Å². The number of carbonyl (C=O) groups excluding carboxylic acids is 3. The van der Waals surface area contributed by atoms with Gasteiger partial charge >= 0.3 is 0 Å². The minimum atomic E-state index is -1.39. The zero-order valence-electron chi connectivity index (χ0n) is 16.4. The van der Waals surface area contributed by atoms with Crippen LogP contribution >= 0.6 is 0 Å². The Morgan fingerprint density at radius 2 is 1.96 bits per heavy atom. The van der Waals surface area contributed by atoms with Gasteiger partial charge in [0.2, 0.25) is 17.7 Å². The molecular weight excluding hydrogens is 361 g/mol. The minimum absolute atomic E-state index is 0.212. The number of nitrogens with one attached hydrogen (secondary N) is 2. The standard InChI is InChI=1S/C21H26FN3O3/c1-4-5-8-25-18(26)16-15(9-11(2)3)24-21(17(16)19(25)27)13-10-12(22)6-7-14(13)23-20(21)28/h6-7,10-11,15-17,24H,4-5,8-9H2,1-3H3,(H,23,28)/t15-,16-,17+,21-/m1/s1. The summed E-state index contributed by atoms with van der Waals surface area (Å²) in [7, 11) is 0. The molecular formula is C21H26FN3O3. The number of anilines is 1. The Bertz CT molecular complexity index is 855. The lowest BCUT2D eigenvalue weighted by Crippen LogP contribution is -2.53. The first-order chi connectivity index (χ1) is 13.3. The average molecular weight is 387 g/mol. The number of benzene rings is 1. The fraction of sp³-hybridized carbons (Fsp3) is 0.571. The Morgan fingerprint density at radius 3 is 2.64 bits per heavy atom. The van der Waals surface area contributed by atoms with Crippen molar-refractivity contribution in [2.75, 3.05) is 11.9 Å². The van der Waals surface area contributed by atoms with Gasteiger partial charge in [-0.1, -0.05) is 27.2 Å². The zero-order valence-corrected chi connectivity index (χ0v) is 16.4. The number of halogens is 1. The van der Waals surface area contributed by atoms with Gasteiger partial charge in [0.15, 0.2) is 0 Å². The number of nitrogens with zero attached hydrogens (tertiary/aromatic N) is 1. The highest BCUT2D eigenvalue weighted by molar-refractivity contribution is 6.15. The van der Waals surface area contributed by atoms with Crippen molar-refractivity contribution in [2.24, 2.45) is 17.8 Å². The molecule has 0 aromatic heterocycles. The van der Waals surface area contributed by atoms with Gasteiger partial charge in [-0.15, -0.1) is 0 Å². The van der Waals surface area contributed by atoms with Crippen LogP contribution in [0.2, 0.25) is 0 Å². The van der Waals surface area contributed by atoms with Gasteiger partial charge in [0.1, 0.15) is 11.4 Å². The SMILES string of the molecule is CCCCN1C(=O)[C@H]2[C@@H](C1=O)[C@@]1(N[C@@H]2CC(C)C)C(=O)Nc2ccc(F)cc21. The third-order valence-corrected chi connectivity index (χ3v) is 6.23. The van der Waals surface area contributed by atoms with E-state index in [2.05, 4.69) is 10.6 Å². The molecule has 28 heavy (non-hydrogen) atoms. The summed E-state index contributed by atoms with van der Waals surface area (Å²) in [6, 6.07) is 3.79. The number of unbranched alkanes of at least 4 members (excludes halogenated alkanes) is 1. The average Bonchev–Trinajstić information content (AvgIpc) is 3.19. The minimum Gasteiger partial charge on any atom is -0.324 e. The fourth-order valence-electron chi connectivity index (χ4n) is 5.08. The second-order valence-electron chi connectivity index (χ2n) is 8.52. The highest BCUT2D eigenvalue weighted by atomic mass is 19.1. The molecule has 3 aliphatic rings. The molecule has 4 rings (SSSR count). The van der Waals surface area contributed by atoms with Crippen LogP contribution in [0.1, 0.15) is 45.6 Å². The summed E-state index contributed by atoms with van der Waals surface area (Å²) in [5.41, 5.74) is -0.470. The summed E-state index contributed by atoms with van der Waals surface area (Å²) in [4.78, 5) is 41.0. The van der Waals surface area contributed by atoms with Crippen LogP contribution in [0.5, 0.6) is 0 Å². The molecule has 3 amide bonds. The van der Waals surface area contributed by atoms with Crippen LogP contribution in [-0.4, -0.2) is 35.2 Å². The highest BCUT2D eigenvalue weighted by Crippen LogP contribution is 2.53. The van der Waals surface area contributed by atoms with Crippen molar-refractivity contribution in [2.45, 2.75) is 51.6 Å². The number of carbonyl (C=O) groups is 3. The number of imide groups is 1. The maximum Gasteiger partial charge on any atom is 0.250 e. The normalized spacial score (nSPS) is 31.1. The Kier molecular flexibility index (Phi) is 4.53. The molecule has 0 aliphatic carbocycles. The molecule has 3 heterocycles. The molecule has 2 saturated heterocycles. The van der Waals surface area contributed by atoms with Crippen LogP contribution in [-0.2, 0) is 19.9 Å². The number of rotatable bonds is 5. The number of amides is 3. The van der Waals surface area contributed by atoms with Gasteiger partial charge in [0, 0.05) is 23.8 Å². The van der Waals surface area contributed by atoms with Gasteiger partial charge < -0.3 is 5.32 Å². The molecule has 6 nitrogen and oxygen atoms in total. The van der Waals surface area contributed by atoms with E-state index in [0.29, 0.717) is 24.2 Å². The molecule has 1 spiro atoms. The number of fused-ring (bicyclic) bond motifs is 4. The van der Waals surface area contributed by atoms with Crippen molar-refractivity contribution in [3.8, 4) is 0 Å². The van der Waals surface area contributed by atoms with E-state index in [1.807, 2.05) is 20.8 Å². The van der Waals surface area contributed by atoms with Gasteiger partial charge in [-0.2, -0.15) is 0 Å². The summed E-state index contributed by atoms with van der Waals surface area (Å²) in [6.07, 6.45) is 2.24. The van der Waals surface area contributed by atoms with E-state index in [4.69, 9.17) is 0 Å². The molecule has 7 heteroatoms. The largest absolute Gasteiger partial charge is 0.324 e. The molecule has 2 N–H and O–H groups in total. The van der Waals surface area contributed by atoms with E-state index >= 15 is 0 Å². The van der Waals surface area contributed by atoms with Gasteiger partial charge in [-0.25, -0.2) is 4.39 Å². The molecule has 4 atom stereocenters. The summed E-state index contributed by atoms with van der Waals surface area (Å²) >= 11 is 0. The van der Waals surface area contributed by atoms with E-state index in [1.54, 1.807) is 0 Å². The molecule has 0 saturated carbocycles. The molecule has 3 aliphatic heterocycles. The summed E-state index contributed by atoms with van der Waals surface area (Å²) in [6.45, 7) is 6.45. The lowest BCUT2D eigenvalue weighted by molar-refractivity contribution is -0.142. The lowest BCUT2D eigenvalue weighted by Gasteiger charge is -2.29. The molecule has 0 bridgehead atoms. The first kappa shape index (κ1) is 19.1. The molecule has 1 aromatic rings. The molecule has 0 unspecified atom stereocenters.